The zero-order valence-electron chi connectivity index (χ0n) is 15.1. The van der Waals surface area contributed by atoms with Gasteiger partial charge in [0.2, 0.25) is 5.91 Å². The molecule has 144 valence electrons. The second kappa shape index (κ2) is 8.05. The number of likely N-dealkylation sites (tertiary alicyclic amines) is 1. The van der Waals surface area contributed by atoms with Gasteiger partial charge >= 0.3 is 0 Å². The third-order valence-corrected chi connectivity index (χ3v) is 6.85. The lowest BCUT2D eigenvalue weighted by atomic mass is 9.71. The summed E-state index contributed by atoms with van der Waals surface area (Å²) in [6.45, 7) is 5.31. The maximum Gasteiger partial charge on any atom is 0.233 e. The SMILES string of the molecule is Cl.O=C(N1CCC2(CCNC2)CC1)C1(c2ccc(Cl)cc2)CCOCC1. The first-order valence-corrected chi connectivity index (χ1v) is 9.85. The molecule has 6 heteroatoms. The Bertz CT molecular complexity index is 613. The van der Waals surface area contributed by atoms with E-state index in [-0.39, 0.29) is 12.4 Å². The predicted molar refractivity (Wildman–Crippen MR) is 106 cm³/mol. The average Bonchev–Trinajstić information content (AvgIpc) is 3.11. The Morgan fingerprint density at radius 3 is 2.27 bits per heavy atom. The highest BCUT2D eigenvalue weighted by Crippen LogP contribution is 2.41. The Hall–Kier alpha value is -0.810. The summed E-state index contributed by atoms with van der Waals surface area (Å²) in [7, 11) is 0. The van der Waals surface area contributed by atoms with Gasteiger partial charge in [0.1, 0.15) is 0 Å². The molecule has 0 aliphatic carbocycles. The van der Waals surface area contributed by atoms with E-state index >= 15 is 0 Å². The number of hydrogen-bond acceptors (Lipinski definition) is 3. The van der Waals surface area contributed by atoms with Crippen molar-refractivity contribution in [3.8, 4) is 0 Å². The zero-order chi connectivity index (χ0) is 17.3. The summed E-state index contributed by atoms with van der Waals surface area (Å²) in [6, 6.07) is 7.85. The number of rotatable bonds is 2. The smallest absolute Gasteiger partial charge is 0.233 e. The highest BCUT2D eigenvalue weighted by molar-refractivity contribution is 6.30. The Labute approximate surface area is 167 Å². The maximum absolute atomic E-state index is 13.6. The van der Waals surface area contributed by atoms with Gasteiger partial charge in [0.05, 0.1) is 5.41 Å². The number of amides is 1. The van der Waals surface area contributed by atoms with Crippen LogP contribution in [0.3, 0.4) is 0 Å². The molecule has 1 aromatic rings. The molecule has 0 saturated carbocycles. The lowest BCUT2D eigenvalue weighted by molar-refractivity contribution is -0.143. The van der Waals surface area contributed by atoms with Crippen LogP contribution in [0.4, 0.5) is 0 Å². The molecule has 1 spiro atoms. The summed E-state index contributed by atoms with van der Waals surface area (Å²) in [5.74, 6) is 0.291. The van der Waals surface area contributed by atoms with E-state index in [0.29, 0.717) is 29.6 Å². The van der Waals surface area contributed by atoms with E-state index in [9.17, 15) is 4.79 Å². The number of carbonyl (C=O) groups excluding carboxylic acids is 1. The van der Waals surface area contributed by atoms with Crippen LogP contribution in [0.15, 0.2) is 24.3 Å². The van der Waals surface area contributed by atoms with E-state index in [1.54, 1.807) is 0 Å². The minimum atomic E-state index is -0.443. The molecule has 0 atom stereocenters. The quantitative estimate of drug-likeness (QED) is 0.829. The molecule has 26 heavy (non-hydrogen) atoms. The highest BCUT2D eigenvalue weighted by Gasteiger charge is 2.46. The van der Waals surface area contributed by atoms with Crippen molar-refractivity contribution < 1.29 is 9.53 Å². The van der Waals surface area contributed by atoms with Gasteiger partial charge in [-0.2, -0.15) is 0 Å². The third kappa shape index (κ3) is 3.62. The van der Waals surface area contributed by atoms with E-state index in [2.05, 4.69) is 10.2 Å². The summed E-state index contributed by atoms with van der Waals surface area (Å²) in [5.41, 5.74) is 1.08. The van der Waals surface area contributed by atoms with Crippen molar-refractivity contribution in [1.82, 2.24) is 10.2 Å². The van der Waals surface area contributed by atoms with Gasteiger partial charge in [-0.1, -0.05) is 23.7 Å². The second-order valence-electron chi connectivity index (χ2n) is 7.92. The van der Waals surface area contributed by atoms with Crippen molar-refractivity contribution in [3.05, 3.63) is 34.9 Å². The molecule has 0 aromatic heterocycles. The largest absolute Gasteiger partial charge is 0.381 e. The summed E-state index contributed by atoms with van der Waals surface area (Å²) in [4.78, 5) is 15.7. The predicted octanol–water partition coefficient (Wildman–Crippen LogP) is 3.41. The molecule has 3 aliphatic heterocycles. The standard InChI is InChI=1S/C20H27ClN2O2.ClH/c21-17-3-1-16(2-4-17)20(8-13-25-14-9-20)18(24)23-11-6-19(7-12-23)5-10-22-15-19;/h1-4,22H,5-15H2;1H. The Kier molecular flexibility index (Phi) is 6.18. The molecule has 1 N–H and O–H groups in total. The fraction of sp³-hybridized carbons (Fsp3) is 0.650. The summed E-state index contributed by atoms with van der Waals surface area (Å²) in [6.07, 6.45) is 5.02. The van der Waals surface area contributed by atoms with E-state index in [4.69, 9.17) is 16.3 Å². The van der Waals surface area contributed by atoms with Gasteiger partial charge < -0.3 is 15.0 Å². The van der Waals surface area contributed by atoms with E-state index in [0.717, 1.165) is 57.4 Å². The topological polar surface area (TPSA) is 41.6 Å². The molecule has 0 unspecified atom stereocenters. The second-order valence-corrected chi connectivity index (χ2v) is 8.36. The fourth-order valence-corrected chi connectivity index (χ4v) is 4.95. The van der Waals surface area contributed by atoms with E-state index in [1.165, 1.54) is 6.42 Å². The number of hydrogen-bond donors (Lipinski definition) is 1. The third-order valence-electron chi connectivity index (χ3n) is 6.60. The van der Waals surface area contributed by atoms with Gasteiger partial charge in [-0.3, -0.25) is 4.79 Å². The van der Waals surface area contributed by atoms with Crippen LogP contribution in [-0.2, 0) is 14.9 Å². The van der Waals surface area contributed by atoms with Crippen LogP contribution in [0.2, 0.25) is 5.02 Å². The van der Waals surface area contributed by atoms with Crippen LogP contribution < -0.4 is 5.32 Å². The summed E-state index contributed by atoms with van der Waals surface area (Å²) >= 11 is 6.07. The van der Waals surface area contributed by atoms with Crippen molar-refractivity contribution in [3.63, 3.8) is 0 Å². The molecule has 4 rings (SSSR count). The molecule has 1 amide bonds. The molecule has 3 heterocycles. The summed E-state index contributed by atoms with van der Waals surface area (Å²) in [5, 5.41) is 4.21. The van der Waals surface area contributed by atoms with Crippen molar-refractivity contribution in [2.45, 2.75) is 37.5 Å². The zero-order valence-corrected chi connectivity index (χ0v) is 16.7. The fourth-order valence-electron chi connectivity index (χ4n) is 4.82. The first-order valence-electron chi connectivity index (χ1n) is 9.48. The van der Waals surface area contributed by atoms with Gasteiger partial charge in [0.15, 0.2) is 0 Å². The molecule has 3 saturated heterocycles. The number of piperidine rings is 1. The monoisotopic (exact) mass is 398 g/mol. The minimum absolute atomic E-state index is 0. The van der Waals surface area contributed by atoms with Gasteiger partial charge in [0.25, 0.3) is 0 Å². The van der Waals surface area contributed by atoms with Crippen LogP contribution in [0.1, 0.15) is 37.7 Å². The van der Waals surface area contributed by atoms with Gasteiger partial charge in [-0.05, 0) is 61.8 Å². The number of halogens is 2. The number of nitrogens with one attached hydrogen (secondary N) is 1. The number of benzene rings is 1. The summed E-state index contributed by atoms with van der Waals surface area (Å²) < 4.78 is 5.58. The van der Waals surface area contributed by atoms with Crippen molar-refractivity contribution >= 4 is 29.9 Å². The number of ether oxygens (including phenoxy) is 1. The Morgan fingerprint density at radius 1 is 1.04 bits per heavy atom. The molecular formula is C20H28Cl2N2O2. The van der Waals surface area contributed by atoms with Crippen LogP contribution >= 0.6 is 24.0 Å². The van der Waals surface area contributed by atoms with Crippen LogP contribution in [0.25, 0.3) is 0 Å². The van der Waals surface area contributed by atoms with Gasteiger partial charge in [-0.15, -0.1) is 12.4 Å². The highest BCUT2D eigenvalue weighted by atomic mass is 35.5. The molecule has 0 radical (unpaired) electrons. The number of nitrogens with zero attached hydrogens (tertiary/aromatic N) is 1. The molecule has 4 nitrogen and oxygen atoms in total. The van der Waals surface area contributed by atoms with E-state index < -0.39 is 5.41 Å². The molecule has 1 aromatic carbocycles. The van der Waals surface area contributed by atoms with Crippen LogP contribution in [0, 0.1) is 5.41 Å². The van der Waals surface area contributed by atoms with Crippen molar-refractivity contribution in [2.24, 2.45) is 5.41 Å². The average molecular weight is 399 g/mol. The van der Waals surface area contributed by atoms with E-state index in [1.807, 2.05) is 24.3 Å². The first kappa shape index (κ1) is 19.9. The number of carbonyl (C=O) groups is 1. The molecule has 3 aliphatic rings. The van der Waals surface area contributed by atoms with Gasteiger partial charge in [0, 0.05) is 37.9 Å². The maximum atomic E-state index is 13.6. The van der Waals surface area contributed by atoms with Crippen LogP contribution in [-0.4, -0.2) is 50.2 Å². The van der Waals surface area contributed by atoms with Crippen LogP contribution in [0.5, 0.6) is 0 Å². The van der Waals surface area contributed by atoms with Crippen molar-refractivity contribution in [2.75, 3.05) is 39.4 Å². The van der Waals surface area contributed by atoms with Crippen molar-refractivity contribution in [1.29, 1.82) is 0 Å². The lowest BCUT2D eigenvalue weighted by Gasteiger charge is -2.44. The van der Waals surface area contributed by atoms with Gasteiger partial charge in [-0.25, -0.2) is 0 Å². The first-order chi connectivity index (χ1) is 12.1. The molecule has 0 bridgehead atoms. The minimum Gasteiger partial charge on any atom is -0.381 e. The molecule has 3 fully saturated rings. The lowest BCUT2D eigenvalue weighted by Crippen LogP contribution is -2.53. The Balaban J connectivity index is 0.00000196. The normalized spacial score (nSPS) is 24.3. The Morgan fingerprint density at radius 2 is 1.69 bits per heavy atom. The molecular weight excluding hydrogens is 371 g/mol.